The number of likely N-dealkylation sites (N-methyl/N-ethyl adjacent to an activating group) is 1. The first kappa shape index (κ1) is 22.5. The van der Waals surface area contributed by atoms with Crippen LogP contribution >= 0.6 is 0 Å². The first-order valence-electron chi connectivity index (χ1n) is 6.53. The predicted octanol–water partition coefficient (Wildman–Crippen LogP) is 0.204. The lowest BCUT2D eigenvalue weighted by Gasteiger charge is -2.41. The molecule has 0 saturated heterocycles. The zero-order chi connectivity index (χ0) is 19.5. The Bertz CT molecular complexity index is 467. The largest absolute Gasteiger partial charge is 0.477 e. The number of hydrogen-bond acceptors (Lipinski definition) is 5. The number of alkyl halides is 5. The van der Waals surface area contributed by atoms with E-state index in [4.69, 9.17) is 10.2 Å². The van der Waals surface area contributed by atoms with Gasteiger partial charge in [0.1, 0.15) is 5.92 Å². The van der Waals surface area contributed by atoms with Crippen molar-refractivity contribution in [3.8, 4) is 0 Å². The van der Waals surface area contributed by atoms with Crippen LogP contribution in [0.4, 0.5) is 22.0 Å². The van der Waals surface area contributed by atoms with E-state index in [1.165, 1.54) is 0 Å². The lowest BCUT2D eigenvalue weighted by atomic mass is 9.92. The van der Waals surface area contributed by atoms with Crippen LogP contribution in [0.15, 0.2) is 0 Å². The summed E-state index contributed by atoms with van der Waals surface area (Å²) in [5.74, 6) is -11.3. The molecule has 0 heterocycles. The van der Waals surface area contributed by atoms with Crippen molar-refractivity contribution in [2.75, 3.05) is 27.2 Å². The molecule has 0 radical (unpaired) electrons. The molecule has 0 amide bonds. The number of esters is 1. The Kier molecular flexibility index (Phi) is 7.09. The van der Waals surface area contributed by atoms with Gasteiger partial charge >= 0.3 is 24.0 Å². The summed E-state index contributed by atoms with van der Waals surface area (Å²) in [7, 11) is 2.05. The Hall–Kier alpha value is -1.53. The first-order valence-corrected chi connectivity index (χ1v) is 6.53. The molecule has 0 aromatic heterocycles. The van der Waals surface area contributed by atoms with Gasteiger partial charge in [-0.15, -0.1) is 0 Å². The summed E-state index contributed by atoms with van der Waals surface area (Å²) in [6, 6.07) is 0. The van der Waals surface area contributed by atoms with E-state index in [0.29, 0.717) is 6.92 Å². The van der Waals surface area contributed by atoms with Crippen LogP contribution in [0.25, 0.3) is 0 Å². The van der Waals surface area contributed by atoms with E-state index in [1.807, 2.05) is 0 Å². The van der Waals surface area contributed by atoms with Crippen LogP contribution < -0.4 is 0 Å². The van der Waals surface area contributed by atoms with Crippen molar-refractivity contribution in [1.82, 2.24) is 0 Å². The minimum atomic E-state index is -6.08. The summed E-state index contributed by atoms with van der Waals surface area (Å²) >= 11 is 0. The third-order valence-electron chi connectivity index (χ3n) is 3.29. The Labute approximate surface area is 133 Å². The van der Waals surface area contributed by atoms with Gasteiger partial charge in [0.2, 0.25) is 6.23 Å². The second-order valence-electron chi connectivity index (χ2n) is 5.73. The second-order valence-corrected chi connectivity index (χ2v) is 5.73. The predicted molar refractivity (Wildman–Crippen MR) is 67.7 cm³/mol. The number of aliphatic hydroxyl groups excluding tert-OH is 2. The maximum Gasteiger partial charge on any atom is 0.453 e. The van der Waals surface area contributed by atoms with Gasteiger partial charge in [-0.3, -0.25) is 9.28 Å². The number of carbonyl (C=O) groups excluding carboxylic acids is 1. The van der Waals surface area contributed by atoms with Crippen molar-refractivity contribution in [2.24, 2.45) is 5.92 Å². The number of carbonyl (C=O) groups is 2. The molecule has 0 bridgehead atoms. The Morgan fingerprint density at radius 2 is 1.62 bits per heavy atom. The molecule has 0 aromatic carbocycles. The molecule has 0 aliphatic carbocycles. The molecule has 0 rings (SSSR count). The zero-order valence-corrected chi connectivity index (χ0v) is 13.0. The topological polar surface area (TPSA) is 104 Å². The molecule has 3 N–H and O–H groups in total. The van der Waals surface area contributed by atoms with Crippen LogP contribution in [-0.4, -0.2) is 83.4 Å². The Morgan fingerprint density at radius 3 is 1.92 bits per heavy atom. The molecule has 12 heteroatoms. The molecular weight excluding hydrogens is 349 g/mol. The monoisotopic (exact) mass is 368 g/mol. The van der Waals surface area contributed by atoms with Gasteiger partial charge in [-0.2, -0.15) is 22.0 Å². The van der Waals surface area contributed by atoms with Crippen LogP contribution in [0, 0.1) is 5.92 Å². The van der Waals surface area contributed by atoms with E-state index >= 15 is 0 Å². The fourth-order valence-corrected chi connectivity index (χ4v) is 2.02. The van der Waals surface area contributed by atoms with Gasteiger partial charge in [-0.05, 0) is 0 Å². The van der Waals surface area contributed by atoms with Gasteiger partial charge in [0.05, 0.1) is 20.7 Å². The summed E-state index contributed by atoms with van der Waals surface area (Å²) in [5, 5.41) is 27.8. The number of halogens is 5. The first-order chi connectivity index (χ1) is 10.6. The lowest BCUT2D eigenvalue weighted by Crippen LogP contribution is -2.63. The average molecular weight is 368 g/mol. The number of hydrogen-bond donors (Lipinski definition) is 3. The minimum absolute atomic E-state index is 0.705. The van der Waals surface area contributed by atoms with Crippen LogP contribution in [-0.2, 0) is 14.3 Å². The van der Waals surface area contributed by atoms with Crippen molar-refractivity contribution < 1.29 is 56.1 Å². The van der Waals surface area contributed by atoms with Crippen LogP contribution in [0.2, 0.25) is 0 Å². The molecule has 0 spiro atoms. The molecule has 0 aliphatic rings. The van der Waals surface area contributed by atoms with Gasteiger partial charge in [-0.1, -0.05) is 0 Å². The molecular formula is C12H19F5NO6+. The number of nitrogens with zero attached hydrogens (tertiary/aromatic N) is 1. The molecule has 7 nitrogen and oxygen atoms in total. The number of rotatable bonds is 8. The highest BCUT2D eigenvalue weighted by molar-refractivity contribution is 5.68. The third kappa shape index (κ3) is 5.24. The van der Waals surface area contributed by atoms with Crippen molar-refractivity contribution in [3.05, 3.63) is 0 Å². The highest BCUT2D eigenvalue weighted by atomic mass is 19.4. The van der Waals surface area contributed by atoms with Crippen molar-refractivity contribution in [1.29, 1.82) is 0 Å². The maximum atomic E-state index is 13.6. The van der Waals surface area contributed by atoms with E-state index in [0.717, 1.165) is 14.1 Å². The smallest absolute Gasteiger partial charge is 0.453 e. The van der Waals surface area contributed by atoms with E-state index < -0.39 is 59.9 Å². The molecule has 0 aliphatic heterocycles. The molecule has 0 fully saturated rings. The van der Waals surface area contributed by atoms with E-state index in [1.54, 1.807) is 0 Å². The van der Waals surface area contributed by atoms with Crippen LogP contribution in [0.3, 0.4) is 0 Å². The number of aliphatic hydroxyl groups is 2. The number of carboxylic acid groups (broad SMARTS) is 1. The SMILES string of the molecule is CC(=O)OC(C(CO)C(F)(F)C(F)(F)F)C(O)[N+](C)(C)CC(=O)O. The van der Waals surface area contributed by atoms with Crippen LogP contribution in [0.5, 0.6) is 0 Å². The van der Waals surface area contributed by atoms with Crippen molar-refractivity contribution in [3.63, 3.8) is 0 Å². The molecule has 142 valence electrons. The molecule has 3 unspecified atom stereocenters. The zero-order valence-electron chi connectivity index (χ0n) is 13.0. The number of aliphatic carboxylic acids is 1. The maximum absolute atomic E-state index is 13.6. The second kappa shape index (κ2) is 7.57. The van der Waals surface area contributed by atoms with Crippen molar-refractivity contribution in [2.45, 2.75) is 31.4 Å². The van der Waals surface area contributed by atoms with E-state index in [9.17, 15) is 36.6 Å². The van der Waals surface area contributed by atoms with Gasteiger partial charge in [0.15, 0.2) is 12.6 Å². The summed E-state index contributed by atoms with van der Waals surface area (Å²) < 4.78 is 68.2. The quantitative estimate of drug-likeness (QED) is 0.245. The van der Waals surface area contributed by atoms with Crippen LogP contribution in [0.1, 0.15) is 6.92 Å². The fraction of sp³-hybridized carbons (Fsp3) is 0.833. The van der Waals surface area contributed by atoms with E-state index in [2.05, 4.69) is 4.74 Å². The molecule has 3 atom stereocenters. The minimum Gasteiger partial charge on any atom is -0.477 e. The summed E-state index contributed by atoms with van der Waals surface area (Å²) in [5.41, 5.74) is 0. The van der Waals surface area contributed by atoms with Gasteiger partial charge in [-0.25, -0.2) is 4.79 Å². The van der Waals surface area contributed by atoms with Gasteiger partial charge in [0.25, 0.3) is 0 Å². The fourth-order valence-electron chi connectivity index (χ4n) is 2.02. The summed E-state index contributed by atoms with van der Waals surface area (Å²) in [6.07, 6.45) is -10.9. The van der Waals surface area contributed by atoms with Gasteiger partial charge < -0.3 is 20.1 Å². The van der Waals surface area contributed by atoms with E-state index in [-0.39, 0.29) is 0 Å². The Morgan fingerprint density at radius 1 is 1.17 bits per heavy atom. The number of ether oxygens (including phenoxy) is 1. The highest BCUT2D eigenvalue weighted by Gasteiger charge is 2.66. The molecule has 24 heavy (non-hydrogen) atoms. The molecule has 0 saturated carbocycles. The third-order valence-corrected chi connectivity index (χ3v) is 3.29. The van der Waals surface area contributed by atoms with Crippen molar-refractivity contribution >= 4 is 11.9 Å². The number of carboxylic acids is 1. The summed E-state index contributed by atoms with van der Waals surface area (Å²) in [6.45, 7) is -1.93. The normalized spacial score (nSPS) is 17.1. The molecule has 0 aromatic rings. The van der Waals surface area contributed by atoms with Gasteiger partial charge in [0, 0.05) is 6.92 Å². The lowest BCUT2D eigenvalue weighted by molar-refractivity contribution is -0.934. The Balaban J connectivity index is 5.90. The summed E-state index contributed by atoms with van der Waals surface area (Å²) in [4.78, 5) is 21.8. The number of quaternary nitrogens is 1. The highest BCUT2D eigenvalue weighted by Crippen LogP contribution is 2.44. The standard InChI is InChI=1S/C12H18F5NO6/c1-6(20)24-9(10(23)18(2,3)4-8(21)22)7(5-19)11(13,14)12(15,16)17/h7,9-10,19,23H,4-5H2,1-3H3/p+1. The average Bonchev–Trinajstić information content (AvgIpc) is 2.33.